The van der Waals surface area contributed by atoms with Gasteiger partial charge in [0.25, 0.3) is 5.91 Å². The number of hydrogen-bond acceptors (Lipinski definition) is 5. The van der Waals surface area contributed by atoms with Gasteiger partial charge >= 0.3 is 0 Å². The Morgan fingerprint density at radius 3 is 2.52 bits per heavy atom. The number of amides is 1. The lowest BCUT2D eigenvalue weighted by Crippen LogP contribution is -2.36. The van der Waals surface area contributed by atoms with Crippen molar-refractivity contribution >= 4 is 21.6 Å². The Hall–Kier alpha value is -2.42. The first-order chi connectivity index (χ1) is 14.9. The van der Waals surface area contributed by atoms with E-state index in [2.05, 4.69) is 11.4 Å². The summed E-state index contributed by atoms with van der Waals surface area (Å²) in [5, 5.41) is 3.21. The van der Waals surface area contributed by atoms with Crippen LogP contribution in [0.1, 0.15) is 35.3 Å². The molecule has 1 aliphatic heterocycles. The highest BCUT2D eigenvalue weighted by Crippen LogP contribution is 2.27. The van der Waals surface area contributed by atoms with Crippen LogP contribution in [0.25, 0.3) is 0 Å². The number of anilines is 1. The van der Waals surface area contributed by atoms with Crippen LogP contribution in [0.4, 0.5) is 5.69 Å². The molecule has 2 aromatic rings. The molecule has 0 bridgehead atoms. The Bertz CT molecular complexity index is 1020. The van der Waals surface area contributed by atoms with Crippen molar-refractivity contribution in [3.8, 4) is 0 Å². The summed E-state index contributed by atoms with van der Waals surface area (Å²) in [5.74, 6) is -0.175. The molecule has 1 N–H and O–H groups in total. The van der Waals surface area contributed by atoms with Crippen LogP contribution in [0.15, 0.2) is 47.4 Å². The summed E-state index contributed by atoms with van der Waals surface area (Å²) in [6.07, 6.45) is 0.784. The molecule has 3 rings (SSSR count). The number of fused-ring (bicyclic) bond motifs is 1. The Labute approximate surface area is 185 Å². The van der Waals surface area contributed by atoms with Gasteiger partial charge in [0.2, 0.25) is 10.0 Å². The van der Waals surface area contributed by atoms with Crippen LogP contribution in [0.3, 0.4) is 0 Å². The van der Waals surface area contributed by atoms with Gasteiger partial charge in [-0.15, -0.1) is 0 Å². The summed E-state index contributed by atoms with van der Waals surface area (Å²) in [6, 6.07) is 12.9. The summed E-state index contributed by atoms with van der Waals surface area (Å²) >= 11 is 0. The first-order valence-electron chi connectivity index (χ1n) is 10.6. The molecule has 0 spiro atoms. The molecule has 1 amide bonds. The third-order valence-electron chi connectivity index (χ3n) is 5.60. The van der Waals surface area contributed by atoms with E-state index in [-0.39, 0.29) is 10.8 Å². The van der Waals surface area contributed by atoms with E-state index in [1.807, 2.05) is 18.2 Å². The molecule has 0 saturated heterocycles. The molecule has 0 fully saturated rings. The summed E-state index contributed by atoms with van der Waals surface area (Å²) < 4.78 is 32.6. The van der Waals surface area contributed by atoms with Crippen LogP contribution in [0, 0.1) is 0 Å². The zero-order valence-electron chi connectivity index (χ0n) is 18.4. The van der Waals surface area contributed by atoms with Crippen molar-refractivity contribution in [3.63, 3.8) is 0 Å². The van der Waals surface area contributed by atoms with E-state index >= 15 is 0 Å². The van der Waals surface area contributed by atoms with Gasteiger partial charge in [0.15, 0.2) is 0 Å². The van der Waals surface area contributed by atoms with Gasteiger partial charge in [0, 0.05) is 45.5 Å². The molecule has 1 heterocycles. The maximum atomic E-state index is 13.5. The average molecular weight is 446 g/mol. The van der Waals surface area contributed by atoms with Gasteiger partial charge < -0.3 is 15.0 Å². The second-order valence-electron chi connectivity index (χ2n) is 7.46. The number of methoxy groups -OCH3 is 1. The smallest absolute Gasteiger partial charge is 0.256 e. The molecule has 8 heteroatoms. The molecule has 0 saturated carbocycles. The highest BCUT2D eigenvalue weighted by molar-refractivity contribution is 7.89. The highest BCUT2D eigenvalue weighted by atomic mass is 32.2. The summed E-state index contributed by atoms with van der Waals surface area (Å²) in [4.78, 5) is 15.4. The summed E-state index contributed by atoms with van der Waals surface area (Å²) in [5.41, 5.74) is 3.36. The van der Waals surface area contributed by atoms with Gasteiger partial charge in [0.1, 0.15) is 0 Å². The quantitative estimate of drug-likeness (QED) is 0.601. The van der Waals surface area contributed by atoms with Gasteiger partial charge in [-0.2, -0.15) is 4.31 Å². The second kappa shape index (κ2) is 10.3. The molecule has 7 nitrogen and oxygen atoms in total. The lowest BCUT2D eigenvalue weighted by Gasteiger charge is -2.30. The van der Waals surface area contributed by atoms with Crippen LogP contribution in [0.2, 0.25) is 0 Å². The maximum absolute atomic E-state index is 13.5. The topological polar surface area (TPSA) is 79.0 Å². The van der Waals surface area contributed by atoms with Crippen molar-refractivity contribution in [3.05, 3.63) is 59.2 Å². The Balaban J connectivity index is 1.96. The van der Waals surface area contributed by atoms with Crippen molar-refractivity contribution in [1.29, 1.82) is 0 Å². The predicted octanol–water partition coefficient (Wildman–Crippen LogP) is 2.97. The number of rotatable bonds is 9. The molecule has 2 aromatic carbocycles. The number of carbonyl (C=O) groups excluding carboxylic acids is 1. The Morgan fingerprint density at radius 1 is 1.13 bits per heavy atom. The lowest BCUT2D eigenvalue weighted by atomic mass is 9.99. The molecule has 0 atom stereocenters. The highest BCUT2D eigenvalue weighted by Gasteiger charge is 2.27. The van der Waals surface area contributed by atoms with Crippen molar-refractivity contribution in [2.45, 2.75) is 31.7 Å². The van der Waals surface area contributed by atoms with E-state index in [4.69, 9.17) is 4.74 Å². The monoisotopic (exact) mass is 445 g/mol. The molecule has 0 aromatic heterocycles. The van der Waals surface area contributed by atoms with E-state index in [0.717, 1.165) is 12.0 Å². The van der Waals surface area contributed by atoms with Crippen LogP contribution in [-0.4, -0.2) is 63.4 Å². The van der Waals surface area contributed by atoms with Crippen molar-refractivity contribution in [2.24, 2.45) is 0 Å². The lowest BCUT2D eigenvalue weighted by molar-refractivity contribution is 0.0735. The minimum absolute atomic E-state index is 0.134. The number of ether oxygens (including phenoxy) is 1. The normalized spacial score (nSPS) is 13.9. The van der Waals surface area contributed by atoms with Crippen molar-refractivity contribution in [2.75, 3.05) is 45.2 Å². The Morgan fingerprint density at radius 2 is 1.84 bits per heavy atom. The number of nitrogens with zero attached hydrogens (tertiary/aromatic N) is 2. The number of sulfonamides is 1. The van der Waals surface area contributed by atoms with E-state index in [1.165, 1.54) is 15.9 Å². The van der Waals surface area contributed by atoms with Gasteiger partial charge in [-0.3, -0.25) is 4.79 Å². The first kappa shape index (κ1) is 23.2. The van der Waals surface area contributed by atoms with Crippen molar-refractivity contribution in [1.82, 2.24) is 9.21 Å². The number of benzene rings is 2. The fraction of sp³-hybridized carbons (Fsp3) is 0.435. The fourth-order valence-electron chi connectivity index (χ4n) is 3.85. The molecular formula is C23H31N3O4S. The molecule has 31 heavy (non-hydrogen) atoms. The fourth-order valence-corrected chi connectivity index (χ4v) is 5.34. The third kappa shape index (κ3) is 5.08. The number of hydrogen-bond donors (Lipinski definition) is 1. The molecular weight excluding hydrogens is 414 g/mol. The van der Waals surface area contributed by atoms with Gasteiger partial charge in [-0.05, 0) is 35.7 Å². The van der Waals surface area contributed by atoms with Gasteiger partial charge in [-0.1, -0.05) is 38.1 Å². The molecule has 0 unspecified atom stereocenters. The summed E-state index contributed by atoms with van der Waals surface area (Å²) in [6.45, 7) is 6.46. The van der Waals surface area contributed by atoms with E-state index in [1.54, 1.807) is 38.0 Å². The SMILES string of the molecule is CCN(CC)S(=O)(=O)c1ccc(NCCOC)c(C(=O)N2CCc3ccccc3C2)c1. The first-order valence-corrected chi connectivity index (χ1v) is 12.1. The predicted molar refractivity (Wildman–Crippen MR) is 122 cm³/mol. The van der Waals surface area contributed by atoms with E-state index in [9.17, 15) is 13.2 Å². The number of carbonyl (C=O) groups is 1. The van der Waals surface area contributed by atoms with Gasteiger partial charge in [0.05, 0.1) is 17.1 Å². The Kier molecular flexibility index (Phi) is 7.69. The minimum atomic E-state index is -3.67. The molecule has 1 aliphatic rings. The van der Waals surface area contributed by atoms with Crippen LogP contribution in [0.5, 0.6) is 0 Å². The zero-order valence-corrected chi connectivity index (χ0v) is 19.2. The van der Waals surface area contributed by atoms with Crippen molar-refractivity contribution < 1.29 is 17.9 Å². The maximum Gasteiger partial charge on any atom is 0.256 e. The van der Waals surface area contributed by atoms with Gasteiger partial charge in [-0.25, -0.2) is 8.42 Å². The van der Waals surface area contributed by atoms with E-state index < -0.39 is 10.0 Å². The standard InChI is InChI=1S/C23H31N3O4S/c1-4-26(5-2)31(28,29)20-10-11-22(24-13-15-30-3)21(16-20)23(27)25-14-12-18-8-6-7-9-19(18)17-25/h6-11,16,24H,4-5,12-15,17H2,1-3H3. The van der Waals surface area contributed by atoms with Crippen LogP contribution in [-0.2, 0) is 27.7 Å². The average Bonchev–Trinajstić information content (AvgIpc) is 2.79. The largest absolute Gasteiger partial charge is 0.383 e. The molecule has 168 valence electrons. The third-order valence-corrected chi connectivity index (χ3v) is 7.65. The second-order valence-corrected chi connectivity index (χ2v) is 9.40. The van der Waals surface area contributed by atoms with Crippen LogP contribution >= 0.6 is 0 Å². The minimum Gasteiger partial charge on any atom is -0.383 e. The molecule has 0 radical (unpaired) electrons. The summed E-state index contributed by atoms with van der Waals surface area (Å²) in [7, 11) is -2.06. The zero-order chi connectivity index (χ0) is 22.4. The van der Waals surface area contributed by atoms with E-state index in [0.29, 0.717) is 50.6 Å². The molecule has 0 aliphatic carbocycles. The number of nitrogens with one attached hydrogen (secondary N) is 1. The van der Waals surface area contributed by atoms with Crippen LogP contribution < -0.4 is 5.32 Å².